The number of hydrogen-bond donors (Lipinski definition) is 0. The van der Waals surface area contributed by atoms with Crippen LogP contribution < -0.4 is 0 Å². The Kier molecular flexibility index (Phi) is 11.4. The lowest BCUT2D eigenvalue weighted by Gasteiger charge is -2.35. The van der Waals surface area contributed by atoms with E-state index in [-0.39, 0.29) is 5.41 Å². The Morgan fingerprint density at radius 2 is 1.38 bits per heavy atom. The van der Waals surface area contributed by atoms with Gasteiger partial charge >= 0.3 is 0 Å². The van der Waals surface area contributed by atoms with Crippen LogP contribution in [-0.4, -0.2) is 0 Å². The van der Waals surface area contributed by atoms with E-state index < -0.39 is 5.41 Å². The highest BCUT2D eigenvalue weighted by Gasteiger charge is 2.53. The van der Waals surface area contributed by atoms with Crippen molar-refractivity contribution in [1.82, 2.24) is 0 Å². The average molecular weight is 655 g/mol. The van der Waals surface area contributed by atoms with E-state index in [4.69, 9.17) is 0 Å². The molecule has 0 fully saturated rings. The van der Waals surface area contributed by atoms with Crippen LogP contribution in [0.3, 0.4) is 0 Å². The summed E-state index contributed by atoms with van der Waals surface area (Å²) < 4.78 is 0. The second-order valence-corrected chi connectivity index (χ2v) is 13.2. The Hall–Kier alpha value is -4.94. The molecule has 0 saturated carbocycles. The Morgan fingerprint density at radius 3 is 2.06 bits per heavy atom. The summed E-state index contributed by atoms with van der Waals surface area (Å²) in [5.74, 6) is 0. The van der Waals surface area contributed by atoms with Gasteiger partial charge in [0.15, 0.2) is 0 Å². The lowest BCUT2D eigenvalue weighted by atomic mass is 9.66. The van der Waals surface area contributed by atoms with E-state index in [0.717, 1.165) is 12.8 Å². The van der Waals surface area contributed by atoms with Gasteiger partial charge in [0.05, 0.1) is 10.8 Å². The first kappa shape index (κ1) is 36.3. The summed E-state index contributed by atoms with van der Waals surface area (Å²) in [6.45, 7) is 21.3. The van der Waals surface area contributed by atoms with E-state index in [1.54, 1.807) is 0 Å². The van der Waals surface area contributed by atoms with Crippen LogP contribution in [0.25, 0.3) is 11.1 Å². The molecule has 0 heteroatoms. The number of rotatable bonds is 9. The van der Waals surface area contributed by atoms with Gasteiger partial charge in [-0.2, -0.15) is 0 Å². The third-order valence-electron chi connectivity index (χ3n) is 10.3. The fraction of sp³-hybridized carbons (Fsp3) is 0.240. The van der Waals surface area contributed by atoms with E-state index in [2.05, 4.69) is 182 Å². The topological polar surface area (TPSA) is 0 Å². The summed E-state index contributed by atoms with van der Waals surface area (Å²) in [4.78, 5) is 0. The normalized spacial score (nSPS) is 19.4. The number of allylic oxidation sites excluding steroid dienone is 13. The predicted molar refractivity (Wildman–Crippen MR) is 219 cm³/mol. The number of hydrogen-bond acceptors (Lipinski definition) is 0. The first-order valence-electron chi connectivity index (χ1n) is 18.5. The van der Waals surface area contributed by atoms with Crippen molar-refractivity contribution in [3.63, 3.8) is 0 Å². The predicted octanol–water partition coefficient (Wildman–Crippen LogP) is 13.8. The number of benzene rings is 4. The van der Waals surface area contributed by atoms with E-state index >= 15 is 0 Å². The highest BCUT2D eigenvalue weighted by molar-refractivity contribution is 5.91. The van der Waals surface area contributed by atoms with Gasteiger partial charge in [0, 0.05) is 0 Å². The quantitative estimate of drug-likeness (QED) is 0.124. The molecule has 1 spiro atoms. The lowest BCUT2D eigenvalue weighted by molar-refractivity contribution is 0.764. The molecule has 4 aromatic carbocycles. The van der Waals surface area contributed by atoms with E-state index in [1.165, 1.54) is 72.4 Å². The molecular formula is C50H54. The zero-order valence-corrected chi connectivity index (χ0v) is 31.5. The SMILES string of the molecule is C=C/C=C\C=C/C(c1ccc(C)cc1)(c1cccc(C)c1)c1ccc2c(c1)-c1ccccc1C21C(/C=C\CC)=C(C)C(=C/CC)/C1=C\C.CC. The summed E-state index contributed by atoms with van der Waals surface area (Å²) in [5.41, 5.74) is 16.3. The van der Waals surface area contributed by atoms with Gasteiger partial charge in [0.25, 0.3) is 0 Å². The van der Waals surface area contributed by atoms with Gasteiger partial charge in [-0.3, -0.25) is 0 Å². The maximum absolute atomic E-state index is 3.91. The molecule has 0 saturated heterocycles. The molecule has 2 aliphatic carbocycles. The Bertz CT molecular complexity index is 2030. The van der Waals surface area contributed by atoms with Crippen molar-refractivity contribution >= 4 is 0 Å². The zero-order valence-electron chi connectivity index (χ0n) is 31.5. The van der Waals surface area contributed by atoms with Gasteiger partial charge in [0.2, 0.25) is 0 Å². The molecule has 0 amide bonds. The molecule has 0 bridgehead atoms. The van der Waals surface area contributed by atoms with Gasteiger partial charge in [-0.1, -0.05) is 185 Å². The van der Waals surface area contributed by atoms with Crippen LogP contribution in [0.2, 0.25) is 0 Å². The summed E-state index contributed by atoms with van der Waals surface area (Å²) in [6.07, 6.45) is 22.0. The monoisotopic (exact) mass is 654 g/mol. The first-order valence-corrected chi connectivity index (χ1v) is 18.5. The summed E-state index contributed by atoms with van der Waals surface area (Å²) >= 11 is 0. The molecular weight excluding hydrogens is 601 g/mol. The fourth-order valence-electron chi connectivity index (χ4n) is 8.25. The molecule has 50 heavy (non-hydrogen) atoms. The van der Waals surface area contributed by atoms with Gasteiger partial charge < -0.3 is 0 Å². The van der Waals surface area contributed by atoms with E-state index in [1.807, 2.05) is 26.0 Å². The van der Waals surface area contributed by atoms with Crippen molar-refractivity contribution in [1.29, 1.82) is 0 Å². The van der Waals surface area contributed by atoms with Crippen molar-refractivity contribution < 1.29 is 0 Å². The molecule has 0 aromatic heterocycles. The smallest absolute Gasteiger partial charge is 0.0718 e. The maximum Gasteiger partial charge on any atom is 0.0718 e. The maximum atomic E-state index is 3.91. The lowest BCUT2D eigenvalue weighted by Crippen LogP contribution is -2.29. The molecule has 2 unspecified atom stereocenters. The minimum Gasteiger partial charge on any atom is -0.0991 e. The highest BCUT2D eigenvalue weighted by atomic mass is 14.5. The van der Waals surface area contributed by atoms with E-state index in [0.29, 0.717) is 0 Å². The van der Waals surface area contributed by atoms with Gasteiger partial charge in [0.1, 0.15) is 0 Å². The number of aryl methyl sites for hydroxylation is 2. The summed E-state index contributed by atoms with van der Waals surface area (Å²) in [6, 6.07) is 34.6. The molecule has 2 atom stereocenters. The van der Waals surface area contributed by atoms with Gasteiger partial charge in [-0.15, -0.1) is 0 Å². The molecule has 0 nitrogen and oxygen atoms in total. The summed E-state index contributed by atoms with van der Waals surface area (Å²) in [5, 5.41) is 0. The van der Waals surface area contributed by atoms with Crippen LogP contribution in [0.1, 0.15) is 93.3 Å². The zero-order chi connectivity index (χ0) is 35.9. The van der Waals surface area contributed by atoms with Crippen LogP contribution in [0.15, 0.2) is 175 Å². The second-order valence-electron chi connectivity index (χ2n) is 13.2. The Balaban J connectivity index is 0.00000239. The molecule has 4 aromatic rings. The van der Waals surface area contributed by atoms with E-state index in [9.17, 15) is 0 Å². The van der Waals surface area contributed by atoms with Crippen molar-refractivity contribution in [3.05, 3.63) is 213 Å². The third kappa shape index (κ3) is 5.96. The van der Waals surface area contributed by atoms with Crippen molar-refractivity contribution in [3.8, 4) is 11.1 Å². The second kappa shape index (κ2) is 15.7. The fourth-order valence-corrected chi connectivity index (χ4v) is 8.25. The van der Waals surface area contributed by atoms with Gasteiger partial charge in [-0.05, 0) is 108 Å². The molecule has 2 aliphatic rings. The van der Waals surface area contributed by atoms with Crippen LogP contribution in [0, 0.1) is 13.8 Å². The van der Waals surface area contributed by atoms with Crippen LogP contribution in [-0.2, 0) is 10.8 Å². The average Bonchev–Trinajstić information content (AvgIpc) is 3.56. The standard InChI is InChI=1S/C48H48.C2H6/c1-8-12-14-17-31-47(37-27-25-34(5)26-28-37,38-21-18-20-35(6)32-38)39-29-30-46-42(33-39)41-22-15-16-24-45(41)48(46)43(11-4)40(19-10-3)36(7)44(48)23-13-9-2;1-2/h8,11-33H,1,9-10H2,2-7H3;1-2H3/b14-12-,23-13-,31-17-,40-19-,43-11+;. The van der Waals surface area contributed by atoms with Crippen molar-refractivity contribution in [2.24, 2.45) is 0 Å². The van der Waals surface area contributed by atoms with Gasteiger partial charge in [-0.25, -0.2) is 0 Å². The largest absolute Gasteiger partial charge is 0.0991 e. The van der Waals surface area contributed by atoms with Crippen LogP contribution in [0.4, 0.5) is 0 Å². The molecule has 0 N–H and O–H groups in total. The van der Waals surface area contributed by atoms with Crippen molar-refractivity contribution in [2.45, 2.75) is 79.1 Å². The molecule has 254 valence electrons. The third-order valence-corrected chi connectivity index (χ3v) is 10.3. The highest BCUT2D eigenvalue weighted by Crippen LogP contribution is 2.63. The first-order chi connectivity index (χ1) is 24.4. The molecule has 0 heterocycles. The van der Waals surface area contributed by atoms with Crippen LogP contribution >= 0.6 is 0 Å². The van der Waals surface area contributed by atoms with Crippen molar-refractivity contribution in [2.75, 3.05) is 0 Å². The minimum absolute atomic E-state index is 0.353. The van der Waals surface area contributed by atoms with Crippen LogP contribution in [0.5, 0.6) is 0 Å². The Labute approximate surface area is 302 Å². The minimum atomic E-state index is -0.520. The summed E-state index contributed by atoms with van der Waals surface area (Å²) in [7, 11) is 0. The molecule has 0 aliphatic heterocycles. The molecule has 0 radical (unpaired) electrons. The number of fused-ring (bicyclic) bond motifs is 5. The molecule has 6 rings (SSSR count). The Morgan fingerprint density at radius 1 is 0.680 bits per heavy atom.